The van der Waals surface area contributed by atoms with Gasteiger partial charge in [0.15, 0.2) is 16.6 Å². The molecule has 33 heavy (non-hydrogen) atoms. The predicted octanol–water partition coefficient (Wildman–Crippen LogP) is 4.46. The first kappa shape index (κ1) is 24.5. The van der Waals surface area contributed by atoms with Gasteiger partial charge in [0.2, 0.25) is 5.75 Å². The Bertz CT molecular complexity index is 1120. The van der Waals surface area contributed by atoms with Gasteiger partial charge in [0, 0.05) is 12.6 Å². The van der Waals surface area contributed by atoms with E-state index in [4.69, 9.17) is 14.2 Å². The van der Waals surface area contributed by atoms with Crippen LogP contribution in [-0.2, 0) is 4.79 Å². The molecule has 2 aromatic carbocycles. The van der Waals surface area contributed by atoms with Crippen LogP contribution in [0.1, 0.15) is 12.0 Å². The molecule has 0 unspecified atom stereocenters. The molecule has 3 rings (SSSR count). The van der Waals surface area contributed by atoms with Gasteiger partial charge >= 0.3 is 0 Å². The maximum absolute atomic E-state index is 14.2. The van der Waals surface area contributed by atoms with Crippen LogP contribution < -0.4 is 19.1 Å². The number of carbonyl (C=O) groups is 1. The van der Waals surface area contributed by atoms with Crippen molar-refractivity contribution in [1.82, 2.24) is 9.88 Å². The van der Waals surface area contributed by atoms with Gasteiger partial charge in [0.05, 0.1) is 26.0 Å². The number of benzene rings is 2. The Balaban J connectivity index is 1.91. The molecule has 176 valence electrons. The fourth-order valence-electron chi connectivity index (χ4n) is 3.32. The Morgan fingerprint density at radius 1 is 1.09 bits per heavy atom. The second-order valence-corrected chi connectivity index (χ2v) is 8.53. The van der Waals surface area contributed by atoms with Crippen molar-refractivity contribution < 1.29 is 23.4 Å². The number of fused-ring (bicyclic) bond motifs is 1. The Labute approximate surface area is 197 Å². The molecular formula is C24H28FN3O4S. The second-order valence-electron chi connectivity index (χ2n) is 7.52. The van der Waals surface area contributed by atoms with Crippen molar-refractivity contribution in [3.8, 4) is 17.2 Å². The highest BCUT2D eigenvalue weighted by Gasteiger charge is 2.19. The van der Waals surface area contributed by atoms with E-state index in [9.17, 15) is 9.18 Å². The Morgan fingerprint density at radius 3 is 2.36 bits per heavy atom. The number of halogens is 1. The van der Waals surface area contributed by atoms with E-state index < -0.39 is 5.82 Å². The van der Waals surface area contributed by atoms with Crippen LogP contribution in [0.5, 0.6) is 17.2 Å². The average molecular weight is 474 g/mol. The van der Waals surface area contributed by atoms with Crippen molar-refractivity contribution in [1.29, 1.82) is 0 Å². The molecular weight excluding hydrogens is 445 g/mol. The summed E-state index contributed by atoms with van der Waals surface area (Å²) in [4.78, 5) is 21.2. The molecule has 0 bridgehead atoms. The summed E-state index contributed by atoms with van der Waals surface area (Å²) in [6, 6.07) is 8.33. The van der Waals surface area contributed by atoms with Gasteiger partial charge < -0.3 is 19.1 Å². The lowest BCUT2D eigenvalue weighted by Gasteiger charge is -2.19. The highest BCUT2D eigenvalue weighted by molar-refractivity contribution is 7.22. The standard InChI is InChI=1S/C24H28FN3O4S/c1-27(2)12-7-13-28(24-26-22-17(25)8-6-9-20(22)33-24)21(29)11-10-16-14-18(30-3)23(32-5)19(15-16)31-4/h6,8-11,14-15H,7,12-13H2,1-5H3. The van der Waals surface area contributed by atoms with Gasteiger partial charge in [-0.2, -0.15) is 0 Å². The number of rotatable bonds is 10. The number of hydrogen-bond acceptors (Lipinski definition) is 7. The maximum Gasteiger partial charge on any atom is 0.252 e. The van der Waals surface area contributed by atoms with E-state index in [0.29, 0.717) is 39.2 Å². The third-order valence-corrected chi connectivity index (χ3v) is 5.99. The summed E-state index contributed by atoms with van der Waals surface area (Å²) in [6.45, 7) is 1.26. The first-order chi connectivity index (χ1) is 15.9. The number of anilines is 1. The summed E-state index contributed by atoms with van der Waals surface area (Å²) >= 11 is 1.30. The molecule has 0 aliphatic heterocycles. The molecule has 0 saturated heterocycles. The van der Waals surface area contributed by atoms with Gasteiger partial charge in [-0.3, -0.25) is 9.69 Å². The Hall–Kier alpha value is -3.17. The van der Waals surface area contributed by atoms with Crippen molar-refractivity contribution in [3.63, 3.8) is 0 Å². The average Bonchev–Trinajstić information content (AvgIpc) is 3.24. The van der Waals surface area contributed by atoms with Crippen molar-refractivity contribution in [3.05, 3.63) is 47.8 Å². The molecule has 0 fully saturated rings. The van der Waals surface area contributed by atoms with Crippen molar-refractivity contribution >= 4 is 38.7 Å². The number of aromatic nitrogens is 1. The molecule has 0 radical (unpaired) electrons. The zero-order chi connectivity index (χ0) is 24.0. The van der Waals surface area contributed by atoms with Crippen LogP contribution in [0, 0.1) is 5.82 Å². The Morgan fingerprint density at radius 2 is 1.79 bits per heavy atom. The molecule has 0 saturated carbocycles. The zero-order valence-corrected chi connectivity index (χ0v) is 20.2. The molecule has 9 heteroatoms. The van der Waals surface area contributed by atoms with E-state index in [1.54, 1.807) is 35.2 Å². The number of carbonyl (C=O) groups excluding carboxylic acids is 1. The minimum absolute atomic E-state index is 0.248. The van der Waals surface area contributed by atoms with Crippen LogP contribution in [0.2, 0.25) is 0 Å². The van der Waals surface area contributed by atoms with Gasteiger partial charge in [-0.05, 0) is 63.0 Å². The highest BCUT2D eigenvalue weighted by Crippen LogP contribution is 2.38. The van der Waals surface area contributed by atoms with Crippen LogP contribution >= 0.6 is 11.3 Å². The molecule has 0 aliphatic rings. The summed E-state index contributed by atoms with van der Waals surface area (Å²) in [5.41, 5.74) is 0.984. The minimum Gasteiger partial charge on any atom is -0.493 e. The van der Waals surface area contributed by atoms with E-state index in [1.165, 1.54) is 44.8 Å². The van der Waals surface area contributed by atoms with E-state index in [1.807, 2.05) is 19.0 Å². The van der Waals surface area contributed by atoms with Gasteiger partial charge in [0.1, 0.15) is 11.3 Å². The summed E-state index contributed by atoms with van der Waals surface area (Å²) < 4.78 is 31.0. The number of methoxy groups -OCH3 is 3. The topological polar surface area (TPSA) is 64.1 Å². The number of nitrogens with zero attached hydrogens (tertiary/aromatic N) is 3. The van der Waals surface area contributed by atoms with E-state index >= 15 is 0 Å². The van der Waals surface area contributed by atoms with Gasteiger partial charge in [0.25, 0.3) is 5.91 Å². The molecule has 0 atom stereocenters. The lowest BCUT2D eigenvalue weighted by atomic mass is 10.1. The first-order valence-electron chi connectivity index (χ1n) is 10.4. The first-order valence-corrected chi connectivity index (χ1v) is 11.2. The monoisotopic (exact) mass is 473 g/mol. The minimum atomic E-state index is -0.399. The lowest BCUT2D eigenvalue weighted by Crippen LogP contribution is -2.32. The highest BCUT2D eigenvalue weighted by atomic mass is 32.1. The fourth-order valence-corrected chi connectivity index (χ4v) is 4.33. The van der Waals surface area contributed by atoms with Crippen molar-refractivity contribution in [2.45, 2.75) is 6.42 Å². The second kappa shape index (κ2) is 11.1. The van der Waals surface area contributed by atoms with Crippen LogP contribution in [0.15, 0.2) is 36.4 Å². The van der Waals surface area contributed by atoms with Crippen LogP contribution in [0.3, 0.4) is 0 Å². The molecule has 0 N–H and O–H groups in total. The fraction of sp³-hybridized carbons (Fsp3) is 0.333. The van der Waals surface area contributed by atoms with Gasteiger partial charge in [-0.1, -0.05) is 17.4 Å². The van der Waals surface area contributed by atoms with E-state index in [0.717, 1.165) is 13.0 Å². The number of amides is 1. The predicted molar refractivity (Wildman–Crippen MR) is 130 cm³/mol. The summed E-state index contributed by atoms with van der Waals surface area (Å²) in [5.74, 6) is 0.817. The number of hydrogen-bond donors (Lipinski definition) is 0. The van der Waals surface area contributed by atoms with E-state index in [2.05, 4.69) is 4.98 Å². The lowest BCUT2D eigenvalue weighted by molar-refractivity contribution is -0.114. The SMILES string of the molecule is COc1cc(C=CC(=O)N(CCCN(C)C)c2nc3c(F)cccc3s2)cc(OC)c1OC. The molecule has 3 aromatic rings. The number of ether oxygens (including phenoxy) is 3. The number of thiazole rings is 1. The van der Waals surface area contributed by atoms with E-state index in [-0.39, 0.29) is 11.4 Å². The van der Waals surface area contributed by atoms with Crippen LogP contribution in [0.25, 0.3) is 16.3 Å². The molecule has 1 aromatic heterocycles. The molecule has 0 aliphatic carbocycles. The molecule has 7 nitrogen and oxygen atoms in total. The van der Waals surface area contributed by atoms with Gasteiger partial charge in [-0.15, -0.1) is 0 Å². The maximum atomic E-state index is 14.2. The third-order valence-electron chi connectivity index (χ3n) is 4.95. The quantitative estimate of drug-likeness (QED) is 0.405. The third kappa shape index (κ3) is 5.80. The van der Waals surface area contributed by atoms with Gasteiger partial charge in [-0.25, -0.2) is 9.37 Å². The van der Waals surface area contributed by atoms with Crippen LogP contribution in [-0.4, -0.2) is 64.3 Å². The molecule has 1 amide bonds. The largest absolute Gasteiger partial charge is 0.493 e. The summed E-state index contributed by atoms with van der Waals surface area (Å²) in [7, 11) is 8.56. The smallest absolute Gasteiger partial charge is 0.252 e. The van der Waals surface area contributed by atoms with Crippen molar-refractivity contribution in [2.24, 2.45) is 0 Å². The zero-order valence-electron chi connectivity index (χ0n) is 19.4. The molecule has 0 spiro atoms. The summed E-state index contributed by atoms with van der Waals surface area (Å²) in [5, 5.41) is 0.466. The van der Waals surface area contributed by atoms with Crippen molar-refractivity contribution in [2.75, 3.05) is 53.4 Å². The van der Waals surface area contributed by atoms with Crippen LogP contribution in [0.4, 0.5) is 9.52 Å². The normalized spacial score (nSPS) is 11.4. The number of para-hydroxylation sites is 1. The molecule has 1 heterocycles. The Kier molecular flexibility index (Phi) is 8.24. The summed E-state index contributed by atoms with van der Waals surface area (Å²) in [6.07, 6.45) is 3.90.